The number of H-pyrrole nitrogens is 1. The highest BCUT2D eigenvalue weighted by atomic mass is 16.7. The van der Waals surface area contributed by atoms with Gasteiger partial charge in [-0.05, 0) is 30.7 Å². The molecule has 5 rings (SSSR count). The molecule has 3 aromatic rings. The summed E-state index contributed by atoms with van der Waals surface area (Å²) in [5, 5.41) is 0.591. The lowest BCUT2D eigenvalue weighted by Gasteiger charge is -2.34. The van der Waals surface area contributed by atoms with Gasteiger partial charge in [0.2, 0.25) is 6.79 Å². The Labute approximate surface area is 192 Å². The van der Waals surface area contributed by atoms with Crippen LogP contribution in [0.2, 0.25) is 0 Å². The van der Waals surface area contributed by atoms with Crippen molar-refractivity contribution in [2.75, 3.05) is 47.2 Å². The molecule has 8 nitrogen and oxygen atoms in total. The van der Waals surface area contributed by atoms with E-state index in [1.807, 2.05) is 13.0 Å². The van der Waals surface area contributed by atoms with E-state index in [0.717, 1.165) is 55.5 Å². The minimum atomic E-state index is 0.0289. The second kappa shape index (κ2) is 8.96. The Morgan fingerprint density at radius 2 is 1.67 bits per heavy atom. The number of nitrogens with one attached hydrogen (secondary N) is 1. The Balaban J connectivity index is 1.28. The van der Waals surface area contributed by atoms with Crippen molar-refractivity contribution in [1.29, 1.82) is 0 Å². The molecule has 0 spiro atoms. The highest BCUT2D eigenvalue weighted by Crippen LogP contribution is 2.33. The number of benzene rings is 2. The van der Waals surface area contributed by atoms with E-state index in [0.29, 0.717) is 35.7 Å². The number of pyridine rings is 1. The van der Waals surface area contributed by atoms with E-state index in [-0.39, 0.29) is 5.43 Å². The number of ether oxygens (including phenoxy) is 4. The molecule has 1 saturated heterocycles. The smallest absolute Gasteiger partial charge is 0.231 e. The van der Waals surface area contributed by atoms with Crippen LogP contribution in [0.25, 0.3) is 10.9 Å². The first-order valence-electron chi connectivity index (χ1n) is 11.2. The number of piperazine rings is 1. The lowest BCUT2D eigenvalue weighted by Crippen LogP contribution is -2.46. The molecule has 0 bridgehead atoms. The van der Waals surface area contributed by atoms with Gasteiger partial charge in [-0.3, -0.25) is 14.6 Å². The summed E-state index contributed by atoms with van der Waals surface area (Å²) in [7, 11) is 3.19. The zero-order valence-electron chi connectivity index (χ0n) is 19.3. The van der Waals surface area contributed by atoms with Crippen molar-refractivity contribution in [3.8, 4) is 23.0 Å². The largest absolute Gasteiger partial charge is 0.497 e. The van der Waals surface area contributed by atoms with Crippen LogP contribution in [-0.4, -0.2) is 62.0 Å². The first-order valence-corrected chi connectivity index (χ1v) is 11.2. The summed E-state index contributed by atoms with van der Waals surface area (Å²) < 4.78 is 21.7. The van der Waals surface area contributed by atoms with Crippen LogP contribution < -0.4 is 24.4 Å². The molecule has 1 N–H and O–H groups in total. The van der Waals surface area contributed by atoms with E-state index in [1.165, 1.54) is 5.56 Å². The van der Waals surface area contributed by atoms with Crippen molar-refractivity contribution >= 4 is 10.9 Å². The fourth-order valence-corrected chi connectivity index (χ4v) is 4.59. The summed E-state index contributed by atoms with van der Waals surface area (Å²) in [5.74, 6) is 2.85. The molecule has 0 aliphatic carbocycles. The third-order valence-corrected chi connectivity index (χ3v) is 6.50. The second-order valence-corrected chi connectivity index (χ2v) is 8.55. The highest BCUT2D eigenvalue weighted by Gasteiger charge is 2.22. The van der Waals surface area contributed by atoms with E-state index in [4.69, 9.17) is 18.9 Å². The molecule has 1 aromatic heterocycles. The third-order valence-electron chi connectivity index (χ3n) is 6.50. The molecule has 2 aliphatic heterocycles. The number of fused-ring (bicyclic) bond motifs is 2. The Morgan fingerprint density at radius 1 is 0.939 bits per heavy atom. The lowest BCUT2D eigenvalue weighted by atomic mass is 10.1. The summed E-state index contributed by atoms with van der Waals surface area (Å²) >= 11 is 0. The molecular weight excluding hydrogens is 422 g/mol. The average molecular weight is 452 g/mol. The number of methoxy groups -OCH3 is 2. The second-order valence-electron chi connectivity index (χ2n) is 8.55. The number of hydrogen-bond donors (Lipinski definition) is 1. The minimum Gasteiger partial charge on any atom is -0.497 e. The van der Waals surface area contributed by atoms with Gasteiger partial charge in [0.15, 0.2) is 16.9 Å². The van der Waals surface area contributed by atoms with Gasteiger partial charge in [-0.2, -0.15) is 0 Å². The summed E-state index contributed by atoms with van der Waals surface area (Å²) in [5.41, 5.74) is 3.62. The molecule has 174 valence electrons. The van der Waals surface area contributed by atoms with E-state index >= 15 is 0 Å². The minimum absolute atomic E-state index is 0.0289. The summed E-state index contributed by atoms with van der Waals surface area (Å²) in [6.45, 7) is 7.45. The standard InChI is InChI=1S/C25H29N3O5/c1-16-20(25(29)19-11-18(30-2)12-23(31-3)24(19)26-16)14-28-8-6-27(7-9-28)13-17-4-5-21-22(10-17)33-15-32-21/h4-5,10-12H,6-9,13-15H2,1-3H3,(H,26,29). The van der Waals surface area contributed by atoms with Gasteiger partial charge in [0.1, 0.15) is 11.5 Å². The fraction of sp³-hybridized carbons (Fsp3) is 0.400. The Kier molecular flexibility index (Phi) is 5.86. The van der Waals surface area contributed by atoms with Gasteiger partial charge in [0.05, 0.1) is 25.1 Å². The molecule has 0 saturated carbocycles. The third kappa shape index (κ3) is 4.24. The Hall–Kier alpha value is -3.23. The first-order chi connectivity index (χ1) is 16.1. The van der Waals surface area contributed by atoms with Gasteiger partial charge in [0.25, 0.3) is 0 Å². The van der Waals surface area contributed by atoms with Crippen LogP contribution in [0.4, 0.5) is 0 Å². The molecule has 0 radical (unpaired) electrons. The Morgan fingerprint density at radius 3 is 2.39 bits per heavy atom. The normalized spacial score (nSPS) is 16.3. The molecule has 0 amide bonds. The molecule has 33 heavy (non-hydrogen) atoms. The Bertz CT molecular complexity index is 1230. The fourth-order valence-electron chi connectivity index (χ4n) is 4.59. The summed E-state index contributed by atoms with van der Waals surface area (Å²) in [4.78, 5) is 21.5. The van der Waals surface area contributed by atoms with Gasteiger partial charge >= 0.3 is 0 Å². The van der Waals surface area contributed by atoms with E-state index < -0.39 is 0 Å². The zero-order chi connectivity index (χ0) is 22.9. The maximum absolute atomic E-state index is 13.4. The van der Waals surface area contributed by atoms with Crippen LogP contribution in [0.5, 0.6) is 23.0 Å². The average Bonchev–Trinajstić information content (AvgIpc) is 3.30. The van der Waals surface area contributed by atoms with Crippen molar-refractivity contribution in [2.45, 2.75) is 20.0 Å². The molecule has 1 fully saturated rings. The van der Waals surface area contributed by atoms with E-state index in [2.05, 4.69) is 26.9 Å². The van der Waals surface area contributed by atoms with Crippen molar-refractivity contribution in [3.05, 3.63) is 57.4 Å². The maximum Gasteiger partial charge on any atom is 0.231 e. The predicted molar refractivity (Wildman–Crippen MR) is 126 cm³/mol. The van der Waals surface area contributed by atoms with Crippen LogP contribution in [-0.2, 0) is 13.1 Å². The maximum atomic E-state index is 13.4. The molecule has 2 aliphatic rings. The van der Waals surface area contributed by atoms with Crippen LogP contribution in [0, 0.1) is 6.92 Å². The number of aromatic amines is 1. The van der Waals surface area contributed by atoms with E-state index in [1.54, 1.807) is 26.4 Å². The predicted octanol–water partition coefficient (Wildman–Crippen LogP) is 2.90. The lowest BCUT2D eigenvalue weighted by molar-refractivity contribution is 0.121. The monoisotopic (exact) mass is 451 g/mol. The van der Waals surface area contributed by atoms with Crippen LogP contribution in [0.1, 0.15) is 16.8 Å². The van der Waals surface area contributed by atoms with Crippen molar-refractivity contribution in [3.63, 3.8) is 0 Å². The summed E-state index contributed by atoms with van der Waals surface area (Å²) in [6, 6.07) is 9.71. The molecule has 3 heterocycles. The molecule has 2 aromatic carbocycles. The SMILES string of the molecule is COc1cc(OC)c2[nH]c(C)c(CN3CCN(Cc4ccc5c(c4)OCO5)CC3)c(=O)c2c1. The van der Waals surface area contributed by atoms with Crippen molar-refractivity contribution < 1.29 is 18.9 Å². The molecule has 0 unspecified atom stereocenters. The highest BCUT2D eigenvalue weighted by molar-refractivity contribution is 5.87. The van der Waals surface area contributed by atoms with E-state index in [9.17, 15) is 4.79 Å². The number of aromatic nitrogens is 1. The first kappa shape index (κ1) is 21.6. The van der Waals surface area contributed by atoms with Gasteiger partial charge < -0.3 is 23.9 Å². The number of rotatable bonds is 6. The van der Waals surface area contributed by atoms with Gasteiger partial charge in [-0.25, -0.2) is 0 Å². The van der Waals surface area contributed by atoms with Crippen LogP contribution in [0.3, 0.4) is 0 Å². The van der Waals surface area contributed by atoms with Crippen molar-refractivity contribution in [1.82, 2.24) is 14.8 Å². The topological polar surface area (TPSA) is 76.3 Å². The number of aryl methyl sites for hydroxylation is 1. The summed E-state index contributed by atoms with van der Waals surface area (Å²) in [6.07, 6.45) is 0. The van der Waals surface area contributed by atoms with Gasteiger partial charge in [-0.15, -0.1) is 0 Å². The number of nitrogens with zero attached hydrogens (tertiary/aromatic N) is 2. The molecular formula is C25H29N3O5. The van der Waals surface area contributed by atoms with Crippen molar-refractivity contribution in [2.24, 2.45) is 0 Å². The quantitative estimate of drug-likeness (QED) is 0.618. The molecule has 0 atom stereocenters. The number of hydrogen-bond acceptors (Lipinski definition) is 7. The van der Waals surface area contributed by atoms with Gasteiger partial charge in [0, 0.05) is 56.6 Å². The van der Waals surface area contributed by atoms with Crippen LogP contribution in [0.15, 0.2) is 35.1 Å². The zero-order valence-corrected chi connectivity index (χ0v) is 19.3. The van der Waals surface area contributed by atoms with Crippen LogP contribution >= 0.6 is 0 Å². The molecule has 8 heteroatoms. The van der Waals surface area contributed by atoms with Gasteiger partial charge in [-0.1, -0.05) is 6.07 Å².